The summed E-state index contributed by atoms with van der Waals surface area (Å²) in [6, 6.07) is 4.67. The third-order valence-electron chi connectivity index (χ3n) is 4.94. The second-order valence-electron chi connectivity index (χ2n) is 6.68. The fraction of sp³-hybridized carbons (Fsp3) is 0.667. The molecule has 2 aliphatic rings. The van der Waals surface area contributed by atoms with Gasteiger partial charge in [0.25, 0.3) is 0 Å². The fourth-order valence-electron chi connectivity index (χ4n) is 3.71. The van der Waals surface area contributed by atoms with Gasteiger partial charge in [0, 0.05) is 44.0 Å². The van der Waals surface area contributed by atoms with E-state index in [-0.39, 0.29) is 12.1 Å². The maximum Gasteiger partial charge on any atom is 0.315 e. The lowest BCUT2D eigenvalue weighted by molar-refractivity contribution is 0.227. The van der Waals surface area contributed by atoms with Gasteiger partial charge < -0.3 is 15.4 Å². The van der Waals surface area contributed by atoms with E-state index in [1.165, 1.54) is 25.7 Å². The molecular weight excluding hydrogens is 304 g/mol. The van der Waals surface area contributed by atoms with Crippen LogP contribution in [0.4, 0.5) is 4.79 Å². The van der Waals surface area contributed by atoms with Gasteiger partial charge in [-0.2, -0.15) is 0 Å². The Morgan fingerprint density at radius 1 is 1.38 bits per heavy atom. The Balaban J connectivity index is 1.40. The lowest BCUT2D eigenvalue weighted by atomic mass is 10.2. The third kappa shape index (κ3) is 4.60. The number of likely N-dealkylation sites (tertiary alicyclic amines) is 1. The van der Waals surface area contributed by atoms with Crippen LogP contribution in [0.1, 0.15) is 44.6 Å². The van der Waals surface area contributed by atoms with Crippen molar-refractivity contribution in [1.82, 2.24) is 20.5 Å². The number of rotatable bonds is 6. The number of ether oxygens (including phenoxy) is 1. The van der Waals surface area contributed by atoms with E-state index in [0.29, 0.717) is 19.0 Å². The zero-order valence-corrected chi connectivity index (χ0v) is 14.5. The molecule has 2 N–H and O–H groups in total. The number of carbonyl (C=O) groups excluding carboxylic acids is 1. The molecule has 6 heteroatoms. The lowest BCUT2D eigenvalue weighted by Crippen LogP contribution is -2.43. The first-order valence-electron chi connectivity index (χ1n) is 9.10. The number of hydrogen-bond acceptors (Lipinski definition) is 4. The summed E-state index contributed by atoms with van der Waals surface area (Å²) in [5.74, 6) is 0.597. The maximum atomic E-state index is 12.1. The van der Waals surface area contributed by atoms with Crippen molar-refractivity contribution in [3.63, 3.8) is 0 Å². The van der Waals surface area contributed by atoms with Crippen molar-refractivity contribution in [2.45, 2.75) is 57.7 Å². The molecule has 24 heavy (non-hydrogen) atoms. The summed E-state index contributed by atoms with van der Waals surface area (Å²) in [6.45, 7) is 5.09. The zero-order valence-electron chi connectivity index (χ0n) is 14.5. The first-order chi connectivity index (χ1) is 11.7. The summed E-state index contributed by atoms with van der Waals surface area (Å²) < 4.78 is 5.38. The molecule has 1 aliphatic heterocycles. The normalized spacial score (nSPS) is 21.8. The number of urea groups is 1. The van der Waals surface area contributed by atoms with Crippen LogP contribution in [0.2, 0.25) is 0 Å². The van der Waals surface area contributed by atoms with Crippen LogP contribution in [0.5, 0.6) is 5.88 Å². The Morgan fingerprint density at radius 3 is 3.00 bits per heavy atom. The molecule has 2 heterocycles. The summed E-state index contributed by atoms with van der Waals surface area (Å²) in [5, 5.41) is 6.03. The highest BCUT2D eigenvalue weighted by Gasteiger charge is 2.30. The molecular formula is C18H28N4O2. The zero-order chi connectivity index (χ0) is 16.8. The average molecular weight is 332 g/mol. The molecule has 132 valence electrons. The van der Waals surface area contributed by atoms with Gasteiger partial charge in [0.15, 0.2) is 0 Å². The minimum absolute atomic E-state index is 0.0944. The first kappa shape index (κ1) is 17.0. The molecule has 0 aromatic carbocycles. The highest BCUT2D eigenvalue weighted by molar-refractivity contribution is 5.74. The Bertz CT molecular complexity index is 546. The molecule has 1 atom stereocenters. The number of hydrogen-bond donors (Lipinski definition) is 2. The first-order valence-corrected chi connectivity index (χ1v) is 9.10. The van der Waals surface area contributed by atoms with E-state index in [1.807, 2.05) is 19.1 Å². The topological polar surface area (TPSA) is 66.5 Å². The third-order valence-corrected chi connectivity index (χ3v) is 4.94. The van der Waals surface area contributed by atoms with Crippen molar-refractivity contribution in [2.24, 2.45) is 0 Å². The smallest absolute Gasteiger partial charge is 0.315 e. The van der Waals surface area contributed by atoms with Crippen molar-refractivity contribution in [1.29, 1.82) is 0 Å². The van der Waals surface area contributed by atoms with Crippen LogP contribution in [0.25, 0.3) is 0 Å². The second kappa shape index (κ2) is 8.33. The van der Waals surface area contributed by atoms with Gasteiger partial charge in [-0.1, -0.05) is 12.8 Å². The van der Waals surface area contributed by atoms with Crippen LogP contribution in [0.3, 0.4) is 0 Å². The Morgan fingerprint density at radius 2 is 2.21 bits per heavy atom. The van der Waals surface area contributed by atoms with Gasteiger partial charge in [-0.25, -0.2) is 9.78 Å². The van der Waals surface area contributed by atoms with Crippen LogP contribution in [0, 0.1) is 0 Å². The number of nitrogens with one attached hydrogen (secondary N) is 2. The van der Waals surface area contributed by atoms with Gasteiger partial charge in [0.05, 0.1) is 6.61 Å². The van der Waals surface area contributed by atoms with Gasteiger partial charge in [-0.3, -0.25) is 4.90 Å². The van der Waals surface area contributed by atoms with Crippen molar-refractivity contribution in [3.8, 4) is 5.88 Å². The quantitative estimate of drug-likeness (QED) is 0.839. The van der Waals surface area contributed by atoms with Crippen LogP contribution in [-0.2, 0) is 6.54 Å². The summed E-state index contributed by atoms with van der Waals surface area (Å²) in [7, 11) is 0. The lowest BCUT2D eigenvalue weighted by Gasteiger charge is -2.23. The van der Waals surface area contributed by atoms with E-state index in [9.17, 15) is 4.79 Å². The highest BCUT2D eigenvalue weighted by atomic mass is 16.5. The minimum Gasteiger partial charge on any atom is -0.478 e. The molecule has 1 aromatic heterocycles. The van der Waals surface area contributed by atoms with Gasteiger partial charge >= 0.3 is 6.03 Å². The molecule has 2 amide bonds. The molecule has 0 spiro atoms. The van der Waals surface area contributed by atoms with Gasteiger partial charge in [-0.05, 0) is 37.8 Å². The monoisotopic (exact) mass is 332 g/mol. The van der Waals surface area contributed by atoms with Crippen molar-refractivity contribution >= 4 is 6.03 Å². The molecule has 0 bridgehead atoms. The van der Waals surface area contributed by atoms with E-state index in [4.69, 9.17) is 4.74 Å². The Hall–Kier alpha value is -1.82. The van der Waals surface area contributed by atoms with Crippen LogP contribution in [0.15, 0.2) is 18.3 Å². The highest BCUT2D eigenvalue weighted by Crippen LogP contribution is 2.26. The van der Waals surface area contributed by atoms with Crippen LogP contribution >= 0.6 is 0 Å². The van der Waals surface area contributed by atoms with Crippen molar-refractivity contribution in [2.75, 3.05) is 19.7 Å². The van der Waals surface area contributed by atoms with Crippen LogP contribution < -0.4 is 15.4 Å². The van der Waals surface area contributed by atoms with E-state index < -0.39 is 0 Å². The Labute approximate surface area is 144 Å². The summed E-state index contributed by atoms with van der Waals surface area (Å²) in [4.78, 5) is 18.8. The maximum absolute atomic E-state index is 12.1. The SMILES string of the molecule is CCOc1cc(CNC(=O)NC2CCN(C3CCCC3)C2)ccn1. The van der Waals surface area contributed by atoms with E-state index >= 15 is 0 Å². The number of aromatic nitrogens is 1. The molecule has 1 aliphatic carbocycles. The molecule has 6 nitrogen and oxygen atoms in total. The van der Waals surface area contributed by atoms with Crippen LogP contribution in [-0.4, -0.2) is 47.7 Å². The largest absolute Gasteiger partial charge is 0.478 e. The number of nitrogens with zero attached hydrogens (tertiary/aromatic N) is 2. The fourth-order valence-corrected chi connectivity index (χ4v) is 3.71. The summed E-state index contributed by atoms with van der Waals surface area (Å²) >= 11 is 0. The predicted octanol–water partition coefficient (Wildman–Crippen LogP) is 2.30. The van der Waals surface area contributed by atoms with Crippen molar-refractivity contribution in [3.05, 3.63) is 23.9 Å². The molecule has 1 saturated carbocycles. The van der Waals surface area contributed by atoms with Gasteiger partial charge in [0.1, 0.15) is 0 Å². The standard InChI is InChI=1S/C18H28N4O2/c1-2-24-17-11-14(7-9-19-17)12-20-18(23)21-15-8-10-22(13-15)16-5-3-4-6-16/h7,9,11,15-16H,2-6,8,10,12-13H2,1H3,(H2,20,21,23). The molecule has 1 aromatic rings. The number of carbonyl (C=O) groups is 1. The summed E-state index contributed by atoms with van der Waals surface area (Å²) in [6.07, 6.45) is 8.11. The second-order valence-corrected chi connectivity index (χ2v) is 6.68. The molecule has 3 rings (SSSR count). The van der Waals surface area contributed by atoms with Gasteiger partial charge in [0.2, 0.25) is 5.88 Å². The van der Waals surface area contributed by atoms with E-state index in [1.54, 1.807) is 6.20 Å². The van der Waals surface area contributed by atoms with E-state index in [2.05, 4.69) is 20.5 Å². The van der Waals surface area contributed by atoms with E-state index in [0.717, 1.165) is 31.1 Å². The van der Waals surface area contributed by atoms with Gasteiger partial charge in [-0.15, -0.1) is 0 Å². The predicted molar refractivity (Wildman–Crippen MR) is 93.0 cm³/mol. The Kier molecular flexibility index (Phi) is 5.91. The average Bonchev–Trinajstić information content (AvgIpc) is 3.25. The molecule has 1 saturated heterocycles. The molecule has 1 unspecified atom stereocenters. The number of pyridine rings is 1. The number of amides is 2. The van der Waals surface area contributed by atoms with Crippen molar-refractivity contribution < 1.29 is 9.53 Å². The minimum atomic E-state index is -0.0944. The molecule has 2 fully saturated rings. The molecule has 0 radical (unpaired) electrons. The summed E-state index contributed by atoms with van der Waals surface area (Å²) in [5.41, 5.74) is 0.989.